The lowest BCUT2D eigenvalue weighted by atomic mass is 9.75. The van der Waals surface area contributed by atoms with Crippen molar-refractivity contribution in [1.82, 2.24) is 14.6 Å². The lowest BCUT2D eigenvalue weighted by Crippen LogP contribution is -2.72. The number of carbonyl (C=O) groups is 1. The number of halogens is 2. The predicted octanol–water partition coefficient (Wildman–Crippen LogP) is 2.40. The topological polar surface area (TPSA) is 105 Å². The third kappa shape index (κ3) is 4.41. The lowest BCUT2D eigenvalue weighted by molar-refractivity contribution is 0.0780. The van der Waals surface area contributed by atoms with Crippen molar-refractivity contribution in [2.45, 2.75) is 24.9 Å². The first-order chi connectivity index (χ1) is 13.7. The molecule has 1 aliphatic heterocycles. The minimum absolute atomic E-state index is 0.0628. The number of nitrogens with two attached hydrogens (primary N) is 1. The van der Waals surface area contributed by atoms with Crippen LogP contribution < -0.4 is 11.1 Å². The molecule has 1 aliphatic rings. The third-order valence-corrected chi connectivity index (χ3v) is 7.52. The van der Waals surface area contributed by atoms with Crippen molar-refractivity contribution in [2.24, 2.45) is 5.73 Å². The number of hydrogen-bond acceptors (Lipinski definition) is 5. The van der Waals surface area contributed by atoms with E-state index in [0.717, 1.165) is 0 Å². The van der Waals surface area contributed by atoms with Gasteiger partial charge in [0.25, 0.3) is 5.91 Å². The van der Waals surface area contributed by atoms with Crippen LogP contribution in [0.2, 0.25) is 10.0 Å². The Morgan fingerprint density at radius 2 is 2.03 bits per heavy atom. The second-order valence-corrected chi connectivity index (χ2v) is 9.96. The molecule has 1 fully saturated rings. The van der Waals surface area contributed by atoms with Gasteiger partial charge in [-0.25, -0.2) is 8.42 Å². The summed E-state index contributed by atoms with van der Waals surface area (Å²) in [7, 11) is -3.38. The zero-order valence-corrected chi connectivity index (χ0v) is 18.1. The molecule has 29 heavy (non-hydrogen) atoms. The summed E-state index contributed by atoms with van der Waals surface area (Å²) in [5.74, 6) is -0.405. The molecule has 3 rings (SSSR count). The van der Waals surface area contributed by atoms with Crippen LogP contribution in [0.3, 0.4) is 0 Å². The Labute approximate surface area is 180 Å². The molecule has 1 aromatic carbocycles. The van der Waals surface area contributed by atoms with Crippen molar-refractivity contribution >= 4 is 39.1 Å². The van der Waals surface area contributed by atoms with Gasteiger partial charge in [-0.15, -0.1) is 0 Å². The lowest BCUT2D eigenvalue weighted by Gasteiger charge is -2.51. The van der Waals surface area contributed by atoms with E-state index in [4.69, 9.17) is 28.9 Å². The van der Waals surface area contributed by atoms with E-state index in [0.29, 0.717) is 17.1 Å². The number of aromatic nitrogens is 1. The molecule has 0 radical (unpaired) electrons. The number of sulfonamides is 1. The molecular formula is C19H22Cl2N4O3S. The fraction of sp³-hybridized carbons (Fsp3) is 0.368. The van der Waals surface area contributed by atoms with Gasteiger partial charge in [-0.2, -0.15) is 4.31 Å². The maximum absolute atomic E-state index is 12.7. The first-order valence-corrected chi connectivity index (χ1v) is 11.5. The van der Waals surface area contributed by atoms with Crippen LogP contribution in [0.25, 0.3) is 0 Å². The van der Waals surface area contributed by atoms with E-state index >= 15 is 0 Å². The van der Waals surface area contributed by atoms with Crippen LogP contribution in [0.5, 0.6) is 0 Å². The summed E-state index contributed by atoms with van der Waals surface area (Å²) < 4.78 is 26.2. The molecule has 10 heteroatoms. The van der Waals surface area contributed by atoms with Gasteiger partial charge in [0.05, 0.1) is 33.6 Å². The Hall–Kier alpha value is -1.71. The molecule has 0 spiro atoms. The molecule has 3 N–H and O–H groups in total. The van der Waals surface area contributed by atoms with Crippen molar-refractivity contribution in [3.05, 3.63) is 63.9 Å². The maximum Gasteiger partial charge on any atom is 0.254 e. The van der Waals surface area contributed by atoms with Gasteiger partial charge in [0.1, 0.15) is 0 Å². The Kier molecular flexibility index (Phi) is 6.50. The molecule has 1 saturated heterocycles. The number of pyridine rings is 1. The quantitative estimate of drug-likeness (QED) is 0.622. The van der Waals surface area contributed by atoms with Crippen LogP contribution in [-0.2, 0) is 15.4 Å². The van der Waals surface area contributed by atoms with Crippen molar-refractivity contribution in [2.75, 3.05) is 18.8 Å². The highest BCUT2D eigenvalue weighted by Crippen LogP contribution is 2.37. The minimum Gasteiger partial charge on any atom is -0.336 e. The molecular weight excluding hydrogens is 435 g/mol. The van der Waals surface area contributed by atoms with Gasteiger partial charge < -0.3 is 11.1 Å². The molecule has 0 aliphatic carbocycles. The zero-order chi connectivity index (χ0) is 21.2. The first kappa shape index (κ1) is 22.0. The SMILES string of the molecule is CCCS(=O)(=O)N1CC(c2ccccn2)([C@H](N)NC(=O)c2ccc(Cl)cc2Cl)C1. The summed E-state index contributed by atoms with van der Waals surface area (Å²) >= 11 is 12.0. The molecule has 2 heterocycles. The monoisotopic (exact) mass is 456 g/mol. The Bertz CT molecular complexity index is 996. The summed E-state index contributed by atoms with van der Waals surface area (Å²) in [6.45, 7) is 2.09. The van der Waals surface area contributed by atoms with Crippen LogP contribution in [0.4, 0.5) is 0 Å². The molecule has 2 aromatic rings. The molecule has 0 unspecified atom stereocenters. The molecule has 1 atom stereocenters. The van der Waals surface area contributed by atoms with Gasteiger partial charge in [0.2, 0.25) is 10.0 Å². The van der Waals surface area contributed by atoms with Crippen molar-refractivity contribution < 1.29 is 13.2 Å². The summed E-state index contributed by atoms with van der Waals surface area (Å²) in [5, 5.41) is 3.37. The van der Waals surface area contributed by atoms with Crippen molar-refractivity contribution in [1.29, 1.82) is 0 Å². The molecule has 0 saturated carbocycles. The third-order valence-electron chi connectivity index (χ3n) is 5.01. The highest BCUT2D eigenvalue weighted by Gasteiger charge is 2.54. The van der Waals surface area contributed by atoms with Gasteiger partial charge in [0, 0.05) is 24.3 Å². The Morgan fingerprint density at radius 3 is 2.62 bits per heavy atom. The fourth-order valence-corrected chi connectivity index (χ4v) is 5.50. The molecule has 1 aromatic heterocycles. The smallest absolute Gasteiger partial charge is 0.254 e. The summed E-state index contributed by atoms with van der Waals surface area (Å²) in [6, 6.07) is 9.90. The average Bonchev–Trinajstić information content (AvgIpc) is 2.61. The second-order valence-electron chi connectivity index (χ2n) is 7.03. The fourth-order valence-electron chi connectivity index (χ4n) is 3.37. The van der Waals surface area contributed by atoms with Crippen LogP contribution in [0.1, 0.15) is 29.4 Å². The average molecular weight is 457 g/mol. The van der Waals surface area contributed by atoms with Gasteiger partial charge in [0.15, 0.2) is 0 Å². The molecule has 0 bridgehead atoms. The van der Waals surface area contributed by atoms with Gasteiger partial charge in [-0.05, 0) is 36.8 Å². The summed E-state index contributed by atoms with van der Waals surface area (Å²) in [4.78, 5) is 17.1. The van der Waals surface area contributed by atoms with Crippen LogP contribution >= 0.6 is 23.2 Å². The highest BCUT2D eigenvalue weighted by atomic mass is 35.5. The van der Waals surface area contributed by atoms with E-state index in [9.17, 15) is 13.2 Å². The van der Waals surface area contributed by atoms with Crippen LogP contribution in [-0.4, -0.2) is 48.6 Å². The second kappa shape index (κ2) is 8.57. The van der Waals surface area contributed by atoms with Crippen molar-refractivity contribution in [3.63, 3.8) is 0 Å². The van der Waals surface area contributed by atoms with Crippen molar-refractivity contribution in [3.8, 4) is 0 Å². The molecule has 7 nitrogen and oxygen atoms in total. The van der Waals surface area contributed by atoms with Gasteiger partial charge >= 0.3 is 0 Å². The van der Waals surface area contributed by atoms with Crippen LogP contribution in [0, 0.1) is 0 Å². The first-order valence-electron chi connectivity index (χ1n) is 9.10. The standard InChI is InChI=1S/C19H22Cl2N4O3S/c1-2-9-29(27,28)25-11-19(12-25,16-5-3-4-8-23-16)18(22)24-17(26)14-7-6-13(20)10-15(14)21/h3-8,10,18H,2,9,11-12,22H2,1H3,(H,24,26)/t18-/m1/s1. The number of carbonyl (C=O) groups excluding carboxylic acids is 1. The number of nitrogens with zero attached hydrogens (tertiary/aromatic N) is 2. The minimum atomic E-state index is -3.38. The number of rotatable bonds is 7. The largest absolute Gasteiger partial charge is 0.336 e. The molecule has 156 valence electrons. The normalized spacial score (nSPS) is 17.4. The summed E-state index contributed by atoms with van der Waals surface area (Å²) in [5.41, 5.74) is 6.40. The number of amides is 1. The van der Waals surface area contributed by atoms with E-state index in [2.05, 4.69) is 10.3 Å². The Balaban J connectivity index is 1.85. The highest BCUT2D eigenvalue weighted by molar-refractivity contribution is 7.89. The van der Waals surface area contributed by atoms with Gasteiger partial charge in [-0.1, -0.05) is 36.2 Å². The molecule has 1 amide bonds. The van der Waals surface area contributed by atoms with Gasteiger partial charge in [-0.3, -0.25) is 9.78 Å². The van der Waals surface area contributed by atoms with E-state index in [1.54, 1.807) is 30.5 Å². The van der Waals surface area contributed by atoms with Crippen LogP contribution in [0.15, 0.2) is 42.6 Å². The van der Waals surface area contributed by atoms with E-state index in [-0.39, 0.29) is 29.4 Å². The summed E-state index contributed by atoms with van der Waals surface area (Å²) in [6.07, 6.45) is 1.27. The Morgan fingerprint density at radius 1 is 1.31 bits per heavy atom. The van der Waals surface area contributed by atoms with E-state index in [1.165, 1.54) is 16.4 Å². The van der Waals surface area contributed by atoms with E-state index < -0.39 is 27.5 Å². The predicted molar refractivity (Wildman–Crippen MR) is 113 cm³/mol. The number of hydrogen-bond donors (Lipinski definition) is 2. The maximum atomic E-state index is 12.7. The number of benzene rings is 1. The van der Waals surface area contributed by atoms with E-state index in [1.807, 2.05) is 6.92 Å². The zero-order valence-electron chi connectivity index (χ0n) is 15.8. The number of nitrogens with one attached hydrogen (secondary N) is 1.